The van der Waals surface area contributed by atoms with E-state index in [1.807, 2.05) is 17.1 Å². The number of pyridine rings is 1. The van der Waals surface area contributed by atoms with Gasteiger partial charge in [-0.05, 0) is 59.3 Å². The van der Waals surface area contributed by atoms with Crippen LogP contribution in [0.3, 0.4) is 0 Å². The highest BCUT2D eigenvalue weighted by molar-refractivity contribution is 7.98. The average Bonchev–Trinajstić information content (AvgIpc) is 3.94. The van der Waals surface area contributed by atoms with Crippen LogP contribution in [-0.2, 0) is 11.5 Å². The molecule has 0 saturated carbocycles. The molecule has 0 spiro atoms. The second-order valence-electron chi connectivity index (χ2n) is 20.3. The Bertz CT molecular complexity index is 2580. The van der Waals surface area contributed by atoms with E-state index in [0.717, 1.165) is 84.7 Å². The van der Waals surface area contributed by atoms with E-state index in [9.17, 15) is 0 Å². The van der Waals surface area contributed by atoms with Gasteiger partial charge in [0.05, 0.1) is 27.5 Å². The minimum Gasteiger partial charge on any atom is -0.360 e. The van der Waals surface area contributed by atoms with Gasteiger partial charge in [-0.25, -0.2) is 14.6 Å². The first kappa shape index (κ1) is 42.8. The number of nitrogens with zero attached hydrogens (tertiary/aromatic N) is 6. The van der Waals surface area contributed by atoms with E-state index in [4.69, 9.17) is 24.8 Å². The van der Waals surface area contributed by atoms with Crippen LogP contribution in [0.25, 0.3) is 52.5 Å². The average molecular weight is 882 g/mol. The largest absolute Gasteiger partial charge is 0.360 e. The summed E-state index contributed by atoms with van der Waals surface area (Å²) >= 11 is 5.15. The molecule has 1 aromatic carbocycles. The predicted octanol–water partition coefficient (Wildman–Crippen LogP) is 12.4. The smallest absolute Gasteiger partial charge is 0.190 e. The predicted molar refractivity (Wildman–Crippen MR) is 261 cm³/mol. The van der Waals surface area contributed by atoms with E-state index in [1.165, 1.54) is 22.9 Å². The Kier molecular flexibility index (Phi) is 11.5. The van der Waals surface area contributed by atoms with Gasteiger partial charge in [0.15, 0.2) is 5.16 Å². The summed E-state index contributed by atoms with van der Waals surface area (Å²) in [6.07, 6.45) is 8.48. The van der Waals surface area contributed by atoms with E-state index in [1.54, 1.807) is 34.4 Å². The molecule has 1 N–H and O–H groups in total. The van der Waals surface area contributed by atoms with Crippen molar-refractivity contribution in [1.29, 1.82) is 0 Å². The van der Waals surface area contributed by atoms with Crippen LogP contribution in [0.4, 0.5) is 5.82 Å². The number of rotatable bonds is 11. The molecule has 59 heavy (non-hydrogen) atoms. The maximum atomic E-state index is 6.30. The van der Waals surface area contributed by atoms with Crippen LogP contribution in [0.15, 0.2) is 35.1 Å². The second kappa shape index (κ2) is 15.8. The number of fused-ring (bicyclic) bond motifs is 7. The molecule has 13 heteroatoms. The summed E-state index contributed by atoms with van der Waals surface area (Å²) < 4.78 is 10.7. The molecule has 0 aliphatic carbocycles. The van der Waals surface area contributed by atoms with Crippen molar-refractivity contribution in [2.24, 2.45) is 5.41 Å². The lowest BCUT2D eigenvalue weighted by Gasteiger charge is -2.49. The number of thiophene rings is 2. The van der Waals surface area contributed by atoms with Crippen molar-refractivity contribution in [3.8, 4) is 22.7 Å². The quantitative estimate of drug-likeness (QED) is 0.0453. The van der Waals surface area contributed by atoms with Gasteiger partial charge in [-0.1, -0.05) is 99.6 Å². The number of hydrogen-bond donors (Lipinski definition) is 1. The molecule has 2 saturated heterocycles. The lowest BCUT2D eigenvalue weighted by atomic mass is 9.72. The maximum Gasteiger partial charge on any atom is 0.190 e. The number of aromatic nitrogens is 5. The number of hydrogen-bond acceptors (Lipinski definition) is 10. The van der Waals surface area contributed by atoms with Gasteiger partial charge >= 0.3 is 0 Å². The van der Waals surface area contributed by atoms with Gasteiger partial charge in [0, 0.05) is 82.9 Å². The molecule has 2 atom stereocenters. The molecule has 8 nitrogen and oxygen atoms in total. The third-order valence-electron chi connectivity index (χ3n) is 13.6. The Morgan fingerprint density at radius 1 is 1.05 bits per heavy atom. The van der Waals surface area contributed by atoms with Crippen molar-refractivity contribution in [3.63, 3.8) is 0 Å². The van der Waals surface area contributed by atoms with Crippen LogP contribution >= 0.6 is 34.4 Å². The minimum absolute atomic E-state index is 0.0304. The third kappa shape index (κ3) is 7.50. The van der Waals surface area contributed by atoms with Crippen molar-refractivity contribution in [2.75, 3.05) is 30.9 Å². The summed E-state index contributed by atoms with van der Waals surface area (Å²) in [4.78, 5) is 19.4. The number of benzene rings is 1. The van der Waals surface area contributed by atoms with E-state index in [2.05, 4.69) is 127 Å². The van der Waals surface area contributed by atoms with E-state index in [-0.39, 0.29) is 11.0 Å². The number of ether oxygens (including phenoxy) is 1. The highest BCUT2D eigenvalue weighted by Gasteiger charge is 2.52. The molecule has 314 valence electrons. The fourth-order valence-corrected chi connectivity index (χ4v) is 18.7. The molecule has 8 rings (SSSR count). The first-order valence-corrected chi connectivity index (χ1v) is 30.4. The third-order valence-corrected chi connectivity index (χ3v) is 24.2. The summed E-state index contributed by atoms with van der Waals surface area (Å²) in [6.45, 7) is 31.7. The van der Waals surface area contributed by atoms with Gasteiger partial charge in [-0.15, -0.1) is 28.2 Å². The molecule has 2 fully saturated rings. The number of piperazine rings is 1. The second-order valence-corrected chi connectivity index (χ2v) is 34.2. The number of anilines is 1. The van der Waals surface area contributed by atoms with Crippen molar-refractivity contribution < 1.29 is 4.74 Å². The molecule has 2 aliphatic heterocycles. The molecule has 2 bridgehead atoms. The molecule has 0 amide bonds. The van der Waals surface area contributed by atoms with E-state index >= 15 is 0 Å². The summed E-state index contributed by atoms with van der Waals surface area (Å²) in [5, 5.41) is 16.7. The molecular weight excluding hydrogens is 819 g/mol. The van der Waals surface area contributed by atoms with Gasteiger partial charge in [0.1, 0.15) is 25.5 Å². The molecule has 6 aromatic rings. The molecule has 5 aromatic heterocycles. The Labute approximate surface area is 365 Å². The summed E-state index contributed by atoms with van der Waals surface area (Å²) in [5.41, 5.74) is 10.1. The van der Waals surface area contributed by atoms with Gasteiger partial charge in [-0.2, -0.15) is 5.10 Å². The van der Waals surface area contributed by atoms with Crippen LogP contribution in [0.5, 0.6) is 0 Å². The minimum atomic E-state index is -2.00. The Morgan fingerprint density at radius 3 is 2.47 bits per heavy atom. The zero-order valence-corrected chi connectivity index (χ0v) is 41.9. The topological polar surface area (TPSA) is 81.0 Å². The fraction of sp³-hybridized carbons (Fsp3) is 0.565. The molecular formula is C46H63N7OS3Si2. The zero-order valence-electron chi connectivity index (χ0n) is 37.5. The lowest BCUT2D eigenvalue weighted by molar-refractivity contribution is 0.0817. The van der Waals surface area contributed by atoms with Gasteiger partial charge < -0.3 is 15.0 Å². The van der Waals surface area contributed by atoms with Crippen LogP contribution in [0.2, 0.25) is 42.3 Å². The molecule has 0 radical (unpaired) electrons. The van der Waals surface area contributed by atoms with Crippen molar-refractivity contribution in [2.45, 2.75) is 141 Å². The monoisotopic (exact) mass is 881 g/mol. The van der Waals surface area contributed by atoms with Crippen molar-refractivity contribution >= 4 is 97.7 Å². The Hall–Kier alpha value is -2.84. The van der Waals surface area contributed by atoms with Crippen LogP contribution in [0.1, 0.15) is 80.7 Å². The first-order valence-electron chi connectivity index (χ1n) is 21.5. The van der Waals surface area contributed by atoms with E-state index in [0.29, 0.717) is 29.4 Å². The lowest BCUT2D eigenvalue weighted by Crippen LogP contribution is -2.65. The van der Waals surface area contributed by atoms with Crippen molar-refractivity contribution in [3.05, 3.63) is 35.5 Å². The van der Waals surface area contributed by atoms with Gasteiger partial charge in [0.25, 0.3) is 0 Å². The zero-order chi connectivity index (χ0) is 42.2. The fourth-order valence-electron chi connectivity index (χ4n) is 10.2. The number of thioether (sulfide) groups is 1. The normalized spacial score (nSPS) is 19.1. The van der Waals surface area contributed by atoms with Crippen LogP contribution < -0.4 is 10.2 Å². The molecule has 0 unspecified atom stereocenters. The maximum absolute atomic E-state index is 6.30. The van der Waals surface area contributed by atoms with Crippen molar-refractivity contribution in [1.82, 2.24) is 30.0 Å². The highest BCUT2D eigenvalue weighted by Crippen LogP contribution is 2.49. The first-order chi connectivity index (χ1) is 27.9. The molecule has 7 heterocycles. The Balaban J connectivity index is 1.36. The van der Waals surface area contributed by atoms with Gasteiger partial charge in [0.2, 0.25) is 0 Å². The summed E-state index contributed by atoms with van der Waals surface area (Å²) in [6, 6.07) is 6.06. The number of nitrogens with one attached hydrogen (secondary N) is 1. The van der Waals surface area contributed by atoms with Crippen LogP contribution in [0, 0.1) is 16.9 Å². The Morgan fingerprint density at radius 2 is 1.80 bits per heavy atom. The summed E-state index contributed by atoms with van der Waals surface area (Å²) in [7, 11) is -3.22. The van der Waals surface area contributed by atoms with Crippen LogP contribution in [-0.4, -0.2) is 78.4 Å². The van der Waals surface area contributed by atoms with Gasteiger partial charge in [-0.3, -0.25) is 4.98 Å². The standard InChI is InChI=1S/C46H63N7OS3Si2/c1-28(2)59(29(3)4,30(5)6)20-16-31-25-56-36-22-35-34(23-48-53(35)27-54-19-21-58(11,12)13)38(37(31)36)40-41-33(15-18-47-40)39-42(49-44(55-10)50-43(39)57-41)52-24-32-14-17-46(26-52,51-32)45(7,8)9/h15,18,22-23,25,28-30,32,51H,14,17,19,21,24,26-27H2,1-13H3/t32-,46-/m0/s1. The highest BCUT2D eigenvalue weighted by atomic mass is 32.2. The van der Waals surface area contributed by atoms with E-state index < -0.39 is 16.1 Å². The SMILES string of the molecule is CSc1nc(N2C[C@@H]3CC[C@@](C(C)(C)C)(C2)N3)c2c(n1)sc1c(-c3c4cnn(COCC[Si](C)(C)C)c4cc4scc(C#C[Si](C(C)C)(C(C)C)C(C)C)c34)nccc12. The molecule has 2 aliphatic rings. The summed E-state index contributed by atoms with van der Waals surface area (Å²) in [5.74, 6) is 4.93.